The second-order valence-electron chi connectivity index (χ2n) is 4.28. The zero-order valence-corrected chi connectivity index (χ0v) is 12.4. The average molecular weight is 279 g/mol. The lowest BCUT2D eigenvalue weighted by Crippen LogP contribution is -2.32. The van der Waals surface area contributed by atoms with E-state index in [4.69, 9.17) is 14.2 Å². The fourth-order valence-electron chi connectivity index (χ4n) is 1.80. The fraction of sp³-hybridized carbons (Fsp3) is 0.500. The first-order chi connectivity index (χ1) is 9.81. The molecule has 20 heavy (non-hydrogen) atoms. The Hall–Kier alpha value is -1.52. The Bertz CT molecular complexity index is 382. The number of nitrogens with one attached hydrogen (secondary N) is 1. The molecule has 4 heteroatoms. The van der Waals surface area contributed by atoms with Gasteiger partial charge in [-0.15, -0.1) is 6.58 Å². The van der Waals surface area contributed by atoms with E-state index in [9.17, 15) is 0 Å². The number of hydrogen-bond acceptors (Lipinski definition) is 4. The summed E-state index contributed by atoms with van der Waals surface area (Å²) in [6.07, 6.45) is 2.83. The maximum Gasteiger partial charge on any atom is 0.161 e. The predicted molar refractivity (Wildman–Crippen MR) is 81.6 cm³/mol. The second-order valence-corrected chi connectivity index (χ2v) is 4.28. The lowest BCUT2D eigenvalue weighted by atomic mass is 10.2. The Morgan fingerprint density at radius 1 is 1.25 bits per heavy atom. The van der Waals surface area contributed by atoms with Crippen molar-refractivity contribution in [1.29, 1.82) is 0 Å². The van der Waals surface area contributed by atoms with Crippen LogP contribution in [0.4, 0.5) is 0 Å². The van der Waals surface area contributed by atoms with Crippen molar-refractivity contribution in [2.75, 3.05) is 33.5 Å². The number of rotatable bonds is 11. The first-order valence-electron chi connectivity index (χ1n) is 7.01. The molecule has 0 unspecified atom stereocenters. The summed E-state index contributed by atoms with van der Waals surface area (Å²) in [5, 5.41) is 3.37. The van der Waals surface area contributed by atoms with E-state index in [0.717, 1.165) is 37.7 Å². The van der Waals surface area contributed by atoms with E-state index in [0.29, 0.717) is 6.61 Å². The van der Waals surface area contributed by atoms with Gasteiger partial charge in [-0.2, -0.15) is 0 Å². The Balaban J connectivity index is 2.24. The van der Waals surface area contributed by atoms with Gasteiger partial charge in [-0.05, 0) is 25.5 Å². The SMILES string of the molecule is C=C[C@H](CCOCC)NCCOc1ccccc1OC. The molecular weight excluding hydrogens is 254 g/mol. The van der Waals surface area contributed by atoms with Gasteiger partial charge in [0.05, 0.1) is 7.11 Å². The van der Waals surface area contributed by atoms with Crippen LogP contribution in [0.2, 0.25) is 0 Å². The highest BCUT2D eigenvalue weighted by Crippen LogP contribution is 2.25. The van der Waals surface area contributed by atoms with Crippen LogP contribution >= 0.6 is 0 Å². The third kappa shape index (κ3) is 6.08. The summed E-state index contributed by atoms with van der Waals surface area (Å²) in [7, 11) is 1.64. The number of benzene rings is 1. The maximum atomic E-state index is 5.70. The molecule has 1 aromatic rings. The topological polar surface area (TPSA) is 39.7 Å². The van der Waals surface area contributed by atoms with Crippen LogP contribution < -0.4 is 14.8 Å². The summed E-state index contributed by atoms with van der Waals surface area (Å²) in [4.78, 5) is 0. The van der Waals surface area contributed by atoms with Gasteiger partial charge in [-0.3, -0.25) is 0 Å². The fourth-order valence-corrected chi connectivity index (χ4v) is 1.80. The standard InChI is InChI=1S/C16H25NO3/c1-4-14(10-12-19-5-2)17-11-13-20-16-9-7-6-8-15(16)18-3/h4,6-9,14,17H,1,5,10-13H2,2-3H3/t14-/m1/s1. The van der Waals surface area contributed by atoms with Crippen LogP contribution in [0.3, 0.4) is 0 Å². The van der Waals surface area contributed by atoms with Crippen molar-refractivity contribution in [3.63, 3.8) is 0 Å². The van der Waals surface area contributed by atoms with E-state index in [1.54, 1.807) is 7.11 Å². The number of hydrogen-bond donors (Lipinski definition) is 1. The van der Waals surface area contributed by atoms with Crippen molar-refractivity contribution < 1.29 is 14.2 Å². The molecule has 1 rings (SSSR count). The third-order valence-electron chi connectivity index (χ3n) is 2.90. The molecule has 1 atom stereocenters. The molecule has 0 heterocycles. The Labute approximate surface area is 121 Å². The van der Waals surface area contributed by atoms with E-state index < -0.39 is 0 Å². The molecule has 0 aliphatic heterocycles. The largest absolute Gasteiger partial charge is 0.493 e. The first kappa shape index (κ1) is 16.5. The van der Waals surface area contributed by atoms with E-state index >= 15 is 0 Å². The van der Waals surface area contributed by atoms with Crippen molar-refractivity contribution in [2.24, 2.45) is 0 Å². The smallest absolute Gasteiger partial charge is 0.161 e. The lowest BCUT2D eigenvalue weighted by molar-refractivity contribution is 0.139. The molecule has 1 N–H and O–H groups in total. The second kappa shape index (κ2) is 10.3. The van der Waals surface area contributed by atoms with Gasteiger partial charge in [0.15, 0.2) is 11.5 Å². The van der Waals surface area contributed by atoms with Crippen molar-refractivity contribution >= 4 is 0 Å². The van der Waals surface area contributed by atoms with Gasteiger partial charge in [0.1, 0.15) is 6.61 Å². The van der Waals surface area contributed by atoms with E-state index in [1.165, 1.54) is 0 Å². The number of methoxy groups -OCH3 is 1. The predicted octanol–water partition coefficient (Wildman–Crippen LogP) is 2.64. The third-order valence-corrected chi connectivity index (χ3v) is 2.90. The van der Waals surface area contributed by atoms with Crippen molar-refractivity contribution in [3.8, 4) is 11.5 Å². The minimum Gasteiger partial charge on any atom is -0.493 e. The van der Waals surface area contributed by atoms with Crippen LogP contribution in [-0.4, -0.2) is 39.5 Å². The summed E-state index contributed by atoms with van der Waals surface area (Å²) >= 11 is 0. The normalized spacial score (nSPS) is 11.9. The van der Waals surface area contributed by atoms with Crippen molar-refractivity contribution in [1.82, 2.24) is 5.32 Å². The highest BCUT2D eigenvalue weighted by atomic mass is 16.5. The molecular formula is C16H25NO3. The van der Waals surface area contributed by atoms with Crippen molar-refractivity contribution in [2.45, 2.75) is 19.4 Å². The molecule has 0 amide bonds. The monoisotopic (exact) mass is 279 g/mol. The summed E-state index contributed by atoms with van der Waals surface area (Å²) in [6, 6.07) is 7.89. The molecule has 0 spiro atoms. The van der Waals surface area contributed by atoms with Gasteiger partial charge < -0.3 is 19.5 Å². The molecule has 112 valence electrons. The van der Waals surface area contributed by atoms with Gasteiger partial charge in [-0.1, -0.05) is 18.2 Å². The summed E-state index contributed by atoms with van der Waals surface area (Å²) in [6.45, 7) is 8.65. The first-order valence-corrected chi connectivity index (χ1v) is 7.01. The molecule has 0 saturated heterocycles. The number of para-hydroxylation sites is 2. The summed E-state index contributed by atoms with van der Waals surface area (Å²) < 4.78 is 16.3. The van der Waals surface area contributed by atoms with Crippen molar-refractivity contribution in [3.05, 3.63) is 36.9 Å². The minimum absolute atomic E-state index is 0.253. The summed E-state index contributed by atoms with van der Waals surface area (Å²) in [5.41, 5.74) is 0. The highest BCUT2D eigenvalue weighted by Gasteiger charge is 2.04. The summed E-state index contributed by atoms with van der Waals surface area (Å²) in [5.74, 6) is 1.52. The van der Waals surface area contributed by atoms with Crippen LogP contribution in [0, 0.1) is 0 Å². The Morgan fingerprint density at radius 3 is 2.65 bits per heavy atom. The van der Waals surface area contributed by atoms with E-state index in [1.807, 2.05) is 37.3 Å². The number of ether oxygens (including phenoxy) is 3. The molecule has 0 aliphatic rings. The van der Waals surface area contributed by atoms with Gasteiger partial charge in [0.25, 0.3) is 0 Å². The van der Waals surface area contributed by atoms with Gasteiger partial charge in [0.2, 0.25) is 0 Å². The molecule has 1 aromatic carbocycles. The minimum atomic E-state index is 0.253. The Kier molecular flexibility index (Phi) is 8.51. The van der Waals surface area contributed by atoms with E-state index in [2.05, 4.69) is 11.9 Å². The van der Waals surface area contributed by atoms with Crippen LogP contribution in [0.15, 0.2) is 36.9 Å². The van der Waals surface area contributed by atoms with Gasteiger partial charge >= 0.3 is 0 Å². The molecule has 0 saturated carbocycles. The van der Waals surface area contributed by atoms with Crippen LogP contribution in [-0.2, 0) is 4.74 Å². The van der Waals surface area contributed by atoms with Gasteiger partial charge in [0, 0.05) is 25.8 Å². The molecule has 4 nitrogen and oxygen atoms in total. The van der Waals surface area contributed by atoms with Crippen LogP contribution in [0.1, 0.15) is 13.3 Å². The Morgan fingerprint density at radius 2 is 2.00 bits per heavy atom. The maximum absolute atomic E-state index is 5.70. The van der Waals surface area contributed by atoms with E-state index in [-0.39, 0.29) is 6.04 Å². The zero-order chi connectivity index (χ0) is 14.6. The molecule has 0 radical (unpaired) electrons. The average Bonchev–Trinajstić information content (AvgIpc) is 2.50. The molecule has 0 aromatic heterocycles. The molecule has 0 fully saturated rings. The highest BCUT2D eigenvalue weighted by molar-refractivity contribution is 5.39. The van der Waals surface area contributed by atoms with Crippen LogP contribution in [0.25, 0.3) is 0 Å². The zero-order valence-electron chi connectivity index (χ0n) is 12.4. The molecule has 0 aliphatic carbocycles. The molecule has 0 bridgehead atoms. The lowest BCUT2D eigenvalue weighted by Gasteiger charge is -2.15. The quantitative estimate of drug-likeness (QED) is 0.499. The van der Waals surface area contributed by atoms with Gasteiger partial charge in [-0.25, -0.2) is 0 Å². The van der Waals surface area contributed by atoms with Crippen LogP contribution in [0.5, 0.6) is 11.5 Å².